The van der Waals surface area contributed by atoms with E-state index < -0.39 is 0 Å². The zero-order chi connectivity index (χ0) is 20.1. The number of carbonyl (C=O) groups is 1. The summed E-state index contributed by atoms with van der Waals surface area (Å²) in [6.45, 7) is 4.97. The van der Waals surface area contributed by atoms with Gasteiger partial charge in [0.1, 0.15) is 0 Å². The fourth-order valence-corrected chi connectivity index (χ4v) is 4.34. The highest BCUT2D eigenvalue weighted by molar-refractivity contribution is 6.30. The van der Waals surface area contributed by atoms with Gasteiger partial charge in [0.25, 0.3) is 5.91 Å². The average Bonchev–Trinajstić information content (AvgIpc) is 3.54. The van der Waals surface area contributed by atoms with E-state index in [9.17, 15) is 4.79 Å². The molecule has 1 aliphatic carbocycles. The van der Waals surface area contributed by atoms with Crippen molar-refractivity contribution in [1.29, 1.82) is 0 Å². The van der Waals surface area contributed by atoms with Crippen LogP contribution in [0.2, 0.25) is 5.02 Å². The zero-order valence-electron chi connectivity index (χ0n) is 16.7. The Balaban J connectivity index is 1.41. The van der Waals surface area contributed by atoms with Crippen LogP contribution in [0.4, 0.5) is 5.69 Å². The van der Waals surface area contributed by atoms with Crippen molar-refractivity contribution in [2.75, 3.05) is 31.1 Å². The number of fused-ring (bicyclic) bond motifs is 1. The summed E-state index contributed by atoms with van der Waals surface area (Å²) < 4.78 is 1.80. The van der Waals surface area contributed by atoms with Gasteiger partial charge in [0.2, 0.25) is 0 Å². The third kappa shape index (κ3) is 3.35. The molecule has 3 heterocycles. The lowest BCUT2D eigenvalue weighted by atomic mass is 10.1. The third-order valence-corrected chi connectivity index (χ3v) is 6.23. The van der Waals surface area contributed by atoms with Gasteiger partial charge in [0.05, 0.1) is 16.6 Å². The van der Waals surface area contributed by atoms with Crippen molar-refractivity contribution in [3.63, 3.8) is 0 Å². The van der Waals surface area contributed by atoms with Gasteiger partial charge < -0.3 is 9.80 Å². The van der Waals surface area contributed by atoms with E-state index in [2.05, 4.69) is 10.00 Å². The van der Waals surface area contributed by atoms with Gasteiger partial charge in [-0.25, -0.2) is 4.98 Å². The van der Waals surface area contributed by atoms with Gasteiger partial charge in [-0.2, -0.15) is 5.10 Å². The van der Waals surface area contributed by atoms with Gasteiger partial charge in [0.15, 0.2) is 5.65 Å². The Kier molecular flexibility index (Phi) is 4.46. The van der Waals surface area contributed by atoms with Crippen LogP contribution >= 0.6 is 11.6 Å². The number of benzene rings is 1. The van der Waals surface area contributed by atoms with Gasteiger partial charge in [-0.1, -0.05) is 11.6 Å². The number of amides is 1. The molecular weight excluding hydrogens is 386 g/mol. The summed E-state index contributed by atoms with van der Waals surface area (Å²) in [5, 5.41) is 6.15. The summed E-state index contributed by atoms with van der Waals surface area (Å²) in [5.74, 6) is 0.578. The smallest absolute Gasteiger partial charge is 0.254 e. The van der Waals surface area contributed by atoms with E-state index in [1.165, 1.54) is 0 Å². The molecule has 0 atom stereocenters. The summed E-state index contributed by atoms with van der Waals surface area (Å²) in [6, 6.07) is 9.91. The number of anilines is 1. The van der Waals surface area contributed by atoms with E-state index in [0.717, 1.165) is 64.6 Å². The number of hydrogen-bond acceptors (Lipinski definition) is 4. The molecule has 2 aliphatic rings. The van der Waals surface area contributed by atoms with Gasteiger partial charge in [-0.15, -0.1) is 0 Å². The first kappa shape index (κ1) is 18.4. The SMILES string of the molecule is Cc1nn(C)c2nc(C3CC3)cc(C(=O)N3CCN(c4ccc(Cl)cc4)CC3)c12. The van der Waals surface area contributed by atoms with E-state index >= 15 is 0 Å². The zero-order valence-corrected chi connectivity index (χ0v) is 17.5. The minimum absolute atomic E-state index is 0.0890. The van der Waals surface area contributed by atoms with Crippen molar-refractivity contribution < 1.29 is 4.79 Å². The molecule has 7 heteroatoms. The van der Waals surface area contributed by atoms with Crippen LogP contribution in [0.3, 0.4) is 0 Å². The molecule has 5 rings (SSSR count). The molecule has 2 fully saturated rings. The molecule has 6 nitrogen and oxygen atoms in total. The highest BCUT2D eigenvalue weighted by Gasteiger charge is 2.30. The number of carbonyl (C=O) groups excluding carboxylic acids is 1. The van der Waals surface area contributed by atoms with Gasteiger partial charge >= 0.3 is 0 Å². The maximum atomic E-state index is 13.5. The predicted molar refractivity (Wildman–Crippen MR) is 115 cm³/mol. The molecule has 3 aromatic rings. The molecule has 2 aromatic heterocycles. The topological polar surface area (TPSA) is 54.3 Å². The number of aromatic nitrogens is 3. The average molecular weight is 410 g/mol. The van der Waals surface area contributed by atoms with E-state index in [-0.39, 0.29) is 5.91 Å². The minimum atomic E-state index is 0.0890. The van der Waals surface area contributed by atoms with Crippen LogP contribution in [0.5, 0.6) is 0 Å². The maximum absolute atomic E-state index is 13.5. The number of aryl methyl sites for hydroxylation is 2. The molecule has 1 aromatic carbocycles. The molecule has 150 valence electrons. The van der Waals surface area contributed by atoms with Gasteiger partial charge in [0, 0.05) is 55.5 Å². The number of halogens is 1. The lowest BCUT2D eigenvalue weighted by Crippen LogP contribution is -2.48. The van der Waals surface area contributed by atoms with Crippen molar-refractivity contribution >= 4 is 34.2 Å². The molecule has 0 N–H and O–H groups in total. The van der Waals surface area contributed by atoms with Crippen LogP contribution in [-0.2, 0) is 7.05 Å². The first-order valence-electron chi connectivity index (χ1n) is 10.2. The molecular formula is C22H24ClN5O. The summed E-state index contributed by atoms with van der Waals surface area (Å²) in [5.41, 5.74) is 4.61. The van der Waals surface area contributed by atoms with Crippen molar-refractivity contribution in [2.45, 2.75) is 25.7 Å². The lowest BCUT2D eigenvalue weighted by molar-refractivity contribution is 0.0748. The van der Waals surface area contributed by atoms with Gasteiger partial charge in [-0.05, 0) is 50.1 Å². The van der Waals surface area contributed by atoms with Crippen LogP contribution in [0, 0.1) is 6.92 Å². The fourth-order valence-electron chi connectivity index (χ4n) is 4.21. The lowest BCUT2D eigenvalue weighted by Gasteiger charge is -2.36. The fraction of sp³-hybridized carbons (Fsp3) is 0.409. The Morgan fingerprint density at radius 3 is 2.45 bits per heavy atom. The Hall–Kier alpha value is -2.60. The largest absolute Gasteiger partial charge is 0.368 e. The summed E-state index contributed by atoms with van der Waals surface area (Å²) in [7, 11) is 1.90. The molecule has 0 unspecified atom stereocenters. The standard InChI is InChI=1S/C22H24ClN5O/c1-14-20-18(13-19(15-3-4-15)24-21(20)26(2)25-14)22(29)28-11-9-27(10-12-28)17-7-5-16(23)6-8-17/h5-8,13,15H,3-4,9-12H2,1-2H3. The van der Waals surface area contributed by atoms with Crippen molar-refractivity contribution in [2.24, 2.45) is 7.05 Å². The second-order valence-corrected chi connectivity index (χ2v) is 8.47. The number of pyridine rings is 1. The van der Waals surface area contributed by atoms with Crippen LogP contribution in [-0.4, -0.2) is 51.8 Å². The number of hydrogen-bond donors (Lipinski definition) is 0. The van der Waals surface area contributed by atoms with E-state index in [1.54, 1.807) is 4.68 Å². The molecule has 29 heavy (non-hydrogen) atoms. The van der Waals surface area contributed by atoms with Crippen molar-refractivity contribution in [1.82, 2.24) is 19.7 Å². The Morgan fingerprint density at radius 1 is 1.10 bits per heavy atom. The first-order chi connectivity index (χ1) is 14.0. The van der Waals surface area contributed by atoms with Crippen molar-refractivity contribution in [3.8, 4) is 0 Å². The van der Waals surface area contributed by atoms with E-state index in [1.807, 2.05) is 49.2 Å². The minimum Gasteiger partial charge on any atom is -0.368 e. The molecule has 1 saturated carbocycles. The normalized spacial score (nSPS) is 17.2. The second-order valence-electron chi connectivity index (χ2n) is 8.03. The summed E-state index contributed by atoms with van der Waals surface area (Å²) in [4.78, 5) is 22.6. The van der Waals surface area contributed by atoms with Crippen LogP contribution < -0.4 is 4.90 Å². The highest BCUT2D eigenvalue weighted by Crippen LogP contribution is 2.40. The summed E-state index contributed by atoms with van der Waals surface area (Å²) in [6.07, 6.45) is 2.31. The van der Waals surface area contributed by atoms with Crippen LogP contribution in [0.15, 0.2) is 30.3 Å². The Labute approximate surface area is 175 Å². The maximum Gasteiger partial charge on any atom is 0.254 e. The number of rotatable bonds is 3. The quantitative estimate of drug-likeness (QED) is 0.660. The molecule has 1 aliphatic heterocycles. The van der Waals surface area contributed by atoms with Crippen LogP contribution in [0.25, 0.3) is 11.0 Å². The molecule has 1 saturated heterocycles. The van der Waals surface area contributed by atoms with E-state index in [0.29, 0.717) is 19.0 Å². The van der Waals surface area contributed by atoms with E-state index in [4.69, 9.17) is 16.6 Å². The summed E-state index contributed by atoms with van der Waals surface area (Å²) >= 11 is 6.00. The molecule has 0 bridgehead atoms. The molecule has 1 amide bonds. The number of piperazine rings is 1. The second kappa shape index (κ2) is 7.02. The van der Waals surface area contributed by atoms with Gasteiger partial charge in [-0.3, -0.25) is 9.48 Å². The Bertz CT molecular complexity index is 1080. The van der Waals surface area contributed by atoms with Crippen LogP contribution in [0.1, 0.15) is 40.5 Å². The monoisotopic (exact) mass is 409 g/mol. The molecule has 0 radical (unpaired) electrons. The number of nitrogens with zero attached hydrogens (tertiary/aromatic N) is 5. The first-order valence-corrected chi connectivity index (χ1v) is 10.5. The predicted octanol–water partition coefficient (Wildman–Crippen LogP) is 3.77. The highest BCUT2D eigenvalue weighted by atomic mass is 35.5. The Morgan fingerprint density at radius 2 is 1.79 bits per heavy atom. The van der Waals surface area contributed by atoms with Crippen molar-refractivity contribution in [3.05, 3.63) is 52.3 Å². The third-order valence-electron chi connectivity index (χ3n) is 5.97. The molecule has 0 spiro atoms.